The van der Waals surface area contributed by atoms with Gasteiger partial charge in [0.2, 0.25) is 5.91 Å². The molecule has 2 N–H and O–H groups in total. The molecule has 1 aromatic rings. The summed E-state index contributed by atoms with van der Waals surface area (Å²) in [6.45, 7) is 4.70. The van der Waals surface area contributed by atoms with E-state index in [0.717, 1.165) is 62.0 Å². The van der Waals surface area contributed by atoms with E-state index >= 15 is 0 Å². The first-order valence-corrected chi connectivity index (χ1v) is 10.5. The zero-order chi connectivity index (χ0) is 19.5. The Bertz CT molecular complexity index is 811. The molecule has 0 bridgehead atoms. The molecule has 0 radical (unpaired) electrons. The number of anilines is 1. The Morgan fingerprint density at radius 1 is 1.14 bits per heavy atom. The Balaban J connectivity index is 1.44. The lowest BCUT2D eigenvalue weighted by Gasteiger charge is -2.38. The van der Waals surface area contributed by atoms with Crippen LogP contribution in [0.2, 0.25) is 0 Å². The maximum Gasteiger partial charge on any atom is 0.290 e. The summed E-state index contributed by atoms with van der Waals surface area (Å²) in [4.78, 5) is 40.6. The predicted molar refractivity (Wildman–Crippen MR) is 110 cm³/mol. The van der Waals surface area contributed by atoms with E-state index in [1.807, 2.05) is 29.2 Å². The van der Waals surface area contributed by atoms with E-state index in [9.17, 15) is 14.4 Å². The second kappa shape index (κ2) is 8.36. The number of piperidine rings is 1. The summed E-state index contributed by atoms with van der Waals surface area (Å²) in [7, 11) is 0. The van der Waals surface area contributed by atoms with Crippen LogP contribution in [0.25, 0.3) is 6.08 Å². The van der Waals surface area contributed by atoms with Gasteiger partial charge >= 0.3 is 0 Å². The minimum atomic E-state index is -0.346. The number of nitrogens with one attached hydrogen (secondary N) is 2. The van der Waals surface area contributed by atoms with Crippen molar-refractivity contribution in [1.29, 1.82) is 0 Å². The highest BCUT2D eigenvalue weighted by molar-refractivity contribution is 8.18. The van der Waals surface area contributed by atoms with Crippen LogP contribution in [0.3, 0.4) is 0 Å². The molecule has 3 heterocycles. The van der Waals surface area contributed by atoms with Gasteiger partial charge in [-0.05, 0) is 48.9 Å². The number of thioether (sulfide) groups is 1. The summed E-state index contributed by atoms with van der Waals surface area (Å²) in [6, 6.07) is 7.86. The van der Waals surface area contributed by atoms with Crippen LogP contribution in [0.1, 0.15) is 18.4 Å². The van der Waals surface area contributed by atoms with Gasteiger partial charge in [-0.25, -0.2) is 0 Å². The summed E-state index contributed by atoms with van der Waals surface area (Å²) in [6.07, 6.45) is 3.80. The molecule has 0 aliphatic carbocycles. The minimum absolute atomic E-state index is 0.104. The number of carbonyl (C=O) groups is 3. The normalized spacial score (nSPS) is 24.6. The fourth-order valence-corrected chi connectivity index (χ4v) is 4.62. The zero-order valence-electron chi connectivity index (χ0n) is 15.6. The maximum atomic E-state index is 12.7. The summed E-state index contributed by atoms with van der Waals surface area (Å²) >= 11 is 0.928. The molecule has 0 aromatic heterocycles. The number of nitrogens with zero attached hydrogens (tertiary/aromatic N) is 2. The summed E-state index contributed by atoms with van der Waals surface area (Å²) in [5.74, 6) is 0.0221. The van der Waals surface area contributed by atoms with Crippen molar-refractivity contribution in [2.45, 2.75) is 12.8 Å². The van der Waals surface area contributed by atoms with Gasteiger partial charge in [-0.15, -0.1) is 0 Å². The molecule has 3 aliphatic rings. The number of piperazine rings is 1. The van der Waals surface area contributed by atoms with E-state index in [1.54, 1.807) is 6.08 Å². The maximum absolute atomic E-state index is 12.7. The van der Waals surface area contributed by atoms with Crippen LogP contribution in [0.15, 0.2) is 29.2 Å². The monoisotopic (exact) mass is 400 g/mol. The van der Waals surface area contributed by atoms with Gasteiger partial charge in [0.1, 0.15) is 0 Å². The van der Waals surface area contributed by atoms with Crippen LogP contribution in [0, 0.1) is 5.92 Å². The van der Waals surface area contributed by atoms with Gasteiger partial charge in [-0.2, -0.15) is 0 Å². The second-order valence-electron chi connectivity index (χ2n) is 7.27. The van der Waals surface area contributed by atoms with E-state index in [4.69, 9.17) is 0 Å². The smallest absolute Gasteiger partial charge is 0.290 e. The molecule has 1 unspecified atom stereocenters. The lowest BCUT2D eigenvalue weighted by Crippen LogP contribution is -2.52. The molecule has 0 spiro atoms. The van der Waals surface area contributed by atoms with Crippen LogP contribution in [0.5, 0.6) is 0 Å². The predicted octanol–water partition coefficient (Wildman–Crippen LogP) is 1.66. The molecule has 1 atom stereocenters. The Hall–Kier alpha value is -2.32. The SMILES string of the molecule is O=C1NC(=O)C(=Cc2ccccc2N2CCN(C(=O)C3CCCNC3)CC2)S1. The fourth-order valence-electron chi connectivity index (χ4n) is 3.95. The number of imide groups is 1. The minimum Gasteiger partial charge on any atom is -0.367 e. The molecule has 7 nitrogen and oxygen atoms in total. The first-order valence-electron chi connectivity index (χ1n) is 9.70. The van der Waals surface area contributed by atoms with Crippen molar-refractivity contribution in [3.8, 4) is 0 Å². The van der Waals surface area contributed by atoms with E-state index in [0.29, 0.717) is 18.0 Å². The number of rotatable bonds is 3. The van der Waals surface area contributed by atoms with Gasteiger partial charge in [0.05, 0.1) is 10.8 Å². The average Bonchev–Trinajstić information content (AvgIpc) is 3.05. The standard InChI is InChI=1S/C20H24N4O3S/c25-18-17(28-20(27)22-18)12-14-4-1-2-6-16(14)23-8-10-24(11-9-23)19(26)15-5-3-7-21-13-15/h1-2,4,6,12,15,21H,3,5,7-11,13H2,(H,22,25,27). The number of para-hydroxylation sites is 1. The van der Waals surface area contributed by atoms with Crippen LogP contribution in [0.4, 0.5) is 10.5 Å². The largest absolute Gasteiger partial charge is 0.367 e. The van der Waals surface area contributed by atoms with Crippen molar-refractivity contribution in [2.24, 2.45) is 5.92 Å². The van der Waals surface area contributed by atoms with E-state index in [1.165, 1.54) is 0 Å². The zero-order valence-corrected chi connectivity index (χ0v) is 16.5. The molecule has 8 heteroatoms. The quantitative estimate of drug-likeness (QED) is 0.751. The molecule has 3 aliphatic heterocycles. The molecule has 28 heavy (non-hydrogen) atoms. The first-order chi connectivity index (χ1) is 13.6. The van der Waals surface area contributed by atoms with E-state index < -0.39 is 0 Å². The molecule has 1 aromatic carbocycles. The number of carbonyl (C=O) groups excluding carboxylic acids is 3. The first kappa shape index (κ1) is 19.0. The molecular weight excluding hydrogens is 376 g/mol. The fraction of sp³-hybridized carbons (Fsp3) is 0.450. The van der Waals surface area contributed by atoms with Crippen molar-refractivity contribution in [3.05, 3.63) is 34.7 Å². The van der Waals surface area contributed by atoms with Crippen LogP contribution < -0.4 is 15.5 Å². The van der Waals surface area contributed by atoms with Crippen LogP contribution in [-0.4, -0.2) is 61.2 Å². The molecule has 3 amide bonds. The summed E-state index contributed by atoms with van der Waals surface area (Å²) in [5, 5.41) is 5.27. The Kier molecular flexibility index (Phi) is 5.68. The molecule has 0 saturated carbocycles. The van der Waals surface area contributed by atoms with Crippen LogP contribution in [-0.2, 0) is 9.59 Å². The van der Waals surface area contributed by atoms with Crippen molar-refractivity contribution in [1.82, 2.24) is 15.5 Å². The Labute approximate surface area is 168 Å². The third kappa shape index (κ3) is 4.07. The third-order valence-corrected chi connectivity index (χ3v) is 6.25. The number of hydrogen-bond acceptors (Lipinski definition) is 6. The number of amides is 3. The van der Waals surface area contributed by atoms with Crippen LogP contribution >= 0.6 is 11.8 Å². The van der Waals surface area contributed by atoms with Crippen molar-refractivity contribution in [2.75, 3.05) is 44.2 Å². The van der Waals surface area contributed by atoms with Crippen molar-refractivity contribution in [3.63, 3.8) is 0 Å². The van der Waals surface area contributed by atoms with Gasteiger partial charge in [0, 0.05) is 38.4 Å². The topological polar surface area (TPSA) is 81.8 Å². The Morgan fingerprint density at radius 3 is 2.61 bits per heavy atom. The molecule has 3 fully saturated rings. The van der Waals surface area contributed by atoms with E-state index in [2.05, 4.69) is 15.5 Å². The van der Waals surface area contributed by atoms with Gasteiger partial charge in [-0.1, -0.05) is 18.2 Å². The van der Waals surface area contributed by atoms with Crippen molar-refractivity contribution < 1.29 is 14.4 Å². The second-order valence-corrected chi connectivity index (χ2v) is 8.28. The van der Waals surface area contributed by atoms with Crippen molar-refractivity contribution >= 4 is 40.6 Å². The molecule has 3 saturated heterocycles. The lowest BCUT2D eigenvalue weighted by atomic mass is 9.98. The molecule has 148 valence electrons. The summed E-state index contributed by atoms with van der Waals surface area (Å²) in [5.41, 5.74) is 1.93. The molecule has 4 rings (SSSR count). The molecular formula is C20H24N4O3S. The Morgan fingerprint density at radius 2 is 1.93 bits per heavy atom. The average molecular weight is 401 g/mol. The summed E-state index contributed by atoms with van der Waals surface area (Å²) < 4.78 is 0. The van der Waals surface area contributed by atoms with Gasteiger partial charge in [-0.3, -0.25) is 19.7 Å². The van der Waals surface area contributed by atoms with Gasteiger partial charge in [0.15, 0.2) is 0 Å². The highest BCUT2D eigenvalue weighted by atomic mass is 32.2. The van der Waals surface area contributed by atoms with Gasteiger partial charge in [0.25, 0.3) is 11.1 Å². The third-order valence-electron chi connectivity index (χ3n) is 5.44. The highest BCUT2D eigenvalue weighted by Gasteiger charge is 2.29. The highest BCUT2D eigenvalue weighted by Crippen LogP contribution is 2.30. The number of benzene rings is 1. The lowest BCUT2D eigenvalue weighted by molar-refractivity contribution is -0.136. The number of hydrogen-bond donors (Lipinski definition) is 2. The van der Waals surface area contributed by atoms with E-state index in [-0.39, 0.29) is 23.0 Å². The van der Waals surface area contributed by atoms with Gasteiger partial charge < -0.3 is 15.1 Å².